The first-order valence-corrected chi connectivity index (χ1v) is 4.90. The Bertz CT molecular complexity index is 485. The Balaban J connectivity index is 2.90. The van der Waals surface area contributed by atoms with Crippen LogP contribution in [-0.4, -0.2) is 56.0 Å². The van der Waals surface area contributed by atoms with Crippen molar-refractivity contribution in [2.75, 3.05) is 7.05 Å². The van der Waals surface area contributed by atoms with Crippen LogP contribution >= 0.6 is 0 Å². The number of carboxylic acid groups (broad SMARTS) is 2. The molecule has 1 unspecified atom stereocenters. The predicted molar refractivity (Wildman–Crippen MR) is 58.2 cm³/mol. The second-order valence-electron chi connectivity index (χ2n) is 3.52. The van der Waals surface area contributed by atoms with Crippen LogP contribution in [0.15, 0.2) is 12.4 Å². The average molecular weight is 253 g/mol. The second-order valence-corrected chi connectivity index (χ2v) is 3.52. The molecule has 1 heterocycles. The summed E-state index contributed by atoms with van der Waals surface area (Å²) in [4.78, 5) is 41.2. The number of likely N-dealkylation sites (N-methyl/N-ethyl adjacent to an activating group) is 1. The number of aromatic nitrogens is 2. The maximum Gasteiger partial charge on any atom is 0.356 e. The molecule has 0 fully saturated rings. The van der Waals surface area contributed by atoms with Crippen molar-refractivity contribution in [1.82, 2.24) is 14.9 Å². The zero-order valence-electron chi connectivity index (χ0n) is 9.69. The van der Waals surface area contributed by atoms with Gasteiger partial charge in [-0.05, 0) is 6.92 Å². The summed E-state index contributed by atoms with van der Waals surface area (Å²) in [6.45, 7) is 1.35. The lowest BCUT2D eigenvalue weighted by Crippen LogP contribution is -2.40. The number of aliphatic carboxylic acids is 1. The van der Waals surface area contributed by atoms with Crippen LogP contribution in [-0.2, 0) is 4.79 Å². The summed E-state index contributed by atoms with van der Waals surface area (Å²) in [5.41, 5.74) is -0.406. The van der Waals surface area contributed by atoms with Crippen molar-refractivity contribution in [3.63, 3.8) is 0 Å². The fraction of sp³-hybridized carbons (Fsp3) is 0.300. The van der Waals surface area contributed by atoms with Gasteiger partial charge in [-0.3, -0.25) is 4.79 Å². The highest BCUT2D eigenvalue weighted by Crippen LogP contribution is 2.04. The molecule has 8 nitrogen and oxygen atoms in total. The highest BCUT2D eigenvalue weighted by atomic mass is 16.4. The van der Waals surface area contributed by atoms with Crippen molar-refractivity contribution in [3.05, 3.63) is 23.8 Å². The molecule has 8 heteroatoms. The average Bonchev–Trinajstić information content (AvgIpc) is 2.36. The highest BCUT2D eigenvalue weighted by molar-refractivity contribution is 5.95. The monoisotopic (exact) mass is 253 g/mol. The molecule has 1 amide bonds. The highest BCUT2D eigenvalue weighted by Gasteiger charge is 2.24. The van der Waals surface area contributed by atoms with Crippen molar-refractivity contribution < 1.29 is 24.6 Å². The molecule has 0 aliphatic rings. The van der Waals surface area contributed by atoms with Gasteiger partial charge in [0.2, 0.25) is 0 Å². The topological polar surface area (TPSA) is 121 Å². The van der Waals surface area contributed by atoms with E-state index in [1.54, 1.807) is 0 Å². The number of hydrogen-bond donors (Lipinski definition) is 2. The van der Waals surface area contributed by atoms with E-state index in [1.807, 2.05) is 0 Å². The molecular weight excluding hydrogens is 242 g/mol. The Morgan fingerprint density at radius 1 is 1.17 bits per heavy atom. The van der Waals surface area contributed by atoms with Gasteiger partial charge in [-0.2, -0.15) is 0 Å². The number of carbonyl (C=O) groups is 3. The van der Waals surface area contributed by atoms with E-state index in [9.17, 15) is 14.4 Å². The van der Waals surface area contributed by atoms with E-state index in [0.717, 1.165) is 17.3 Å². The van der Waals surface area contributed by atoms with Crippen molar-refractivity contribution in [2.45, 2.75) is 13.0 Å². The number of carboxylic acids is 2. The van der Waals surface area contributed by atoms with E-state index in [0.29, 0.717) is 0 Å². The molecule has 0 saturated carbocycles. The Labute approximate surface area is 102 Å². The molecule has 18 heavy (non-hydrogen) atoms. The molecule has 1 aromatic rings. The lowest BCUT2D eigenvalue weighted by atomic mass is 10.2. The normalized spacial score (nSPS) is 11.7. The van der Waals surface area contributed by atoms with Crippen LogP contribution in [0.3, 0.4) is 0 Å². The standard InChI is InChI=1S/C10H11N3O5/c1-5(9(15)16)13(2)8(14)6-3-12-7(4-11-6)10(17)18/h3-5H,1-2H3,(H,15,16)(H,17,18). The van der Waals surface area contributed by atoms with Crippen LogP contribution < -0.4 is 0 Å². The van der Waals surface area contributed by atoms with Crippen LogP contribution in [0.2, 0.25) is 0 Å². The lowest BCUT2D eigenvalue weighted by Gasteiger charge is -2.20. The molecule has 0 saturated heterocycles. The van der Waals surface area contributed by atoms with Gasteiger partial charge in [-0.15, -0.1) is 0 Å². The Morgan fingerprint density at radius 2 is 1.67 bits per heavy atom. The van der Waals surface area contributed by atoms with E-state index in [4.69, 9.17) is 10.2 Å². The number of hydrogen-bond acceptors (Lipinski definition) is 5. The van der Waals surface area contributed by atoms with Crippen LogP contribution in [0, 0.1) is 0 Å². The maximum absolute atomic E-state index is 11.8. The Hall–Kier alpha value is -2.51. The van der Waals surface area contributed by atoms with Gasteiger partial charge < -0.3 is 15.1 Å². The molecule has 2 N–H and O–H groups in total. The number of carbonyl (C=O) groups excluding carboxylic acids is 1. The zero-order valence-corrected chi connectivity index (χ0v) is 9.69. The molecular formula is C10H11N3O5. The van der Waals surface area contributed by atoms with Crippen molar-refractivity contribution >= 4 is 17.8 Å². The molecule has 0 radical (unpaired) electrons. The molecule has 0 bridgehead atoms. The van der Waals surface area contributed by atoms with E-state index in [-0.39, 0.29) is 11.4 Å². The predicted octanol–water partition coefficient (Wildman–Crippen LogP) is -0.280. The molecule has 1 rings (SSSR count). The number of amides is 1. The molecule has 0 aromatic carbocycles. The molecule has 0 spiro atoms. The fourth-order valence-electron chi connectivity index (χ4n) is 1.07. The van der Waals surface area contributed by atoms with Gasteiger partial charge in [0.15, 0.2) is 5.69 Å². The number of nitrogens with zero attached hydrogens (tertiary/aromatic N) is 3. The van der Waals surface area contributed by atoms with E-state index in [2.05, 4.69) is 9.97 Å². The van der Waals surface area contributed by atoms with Crippen LogP contribution in [0.4, 0.5) is 0 Å². The summed E-state index contributed by atoms with van der Waals surface area (Å²) in [5, 5.41) is 17.4. The van der Waals surface area contributed by atoms with E-state index >= 15 is 0 Å². The van der Waals surface area contributed by atoms with E-state index < -0.39 is 23.9 Å². The van der Waals surface area contributed by atoms with Crippen LogP contribution in [0.25, 0.3) is 0 Å². The summed E-state index contributed by atoms with van der Waals surface area (Å²) >= 11 is 0. The third kappa shape index (κ3) is 2.78. The second kappa shape index (κ2) is 5.21. The summed E-state index contributed by atoms with van der Waals surface area (Å²) in [6, 6.07) is -1.02. The van der Waals surface area contributed by atoms with Crippen LogP contribution in [0.1, 0.15) is 27.9 Å². The first-order valence-electron chi connectivity index (χ1n) is 4.90. The third-order valence-electron chi connectivity index (χ3n) is 2.35. The van der Waals surface area contributed by atoms with Gasteiger partial charge >= 0.3 is 11.9 Å². The van der Waals surface area contributed by atoms with Crippen molar-refractivity contribution in [1.29, 1.82) is 0 Å². The first-order chi connectivity index (χ1) is 8.34. The third-order valence-corrected chi connectivity index (χ3v) is 2.35. The molecule has 0 aliphatic heterocycles. The smallest absolute Gasteiger partial charge is 0.356 e. The number of aromatic carboxylic acids is 1. The minimum Gasteiger partial charge on any atom is -0.480 e. The zero-order chi connectivity index (χ0) is 13.9. The summed E-state index contributed by atoms with van der Waals surface area (Å²) in [7, 11) is 1.31. The Kier molecular flexibility index (Phi) is 3.93. The fourth-order valence-corrected chi connectivity index (χ4v) is 1.07. The van der Waals surface area contributed by atoms with Gasteiger partial charge in [0.1, 0.15) is 11.7 Å². The van der Waals surface area contributed by atoms with Crippen molar-refractivity contribution in [3.8, 4) is 0 Å². The Morgan fingerprint density at radius 3 is 2.06 bits per heavy atom. The summed E-state index contributed by atoms with van der Waals surface area (Å²) in [6.07, 6.45) is 1.94. The summed E-state index contributed by atoms with van der Waals surface area (Å²) < 4.78 is 0. The maximum atomic E-state index is 11.8. The minimum absolute atomic E-state index is 0.115. The molecule has 1 aromatic heterocycles. The molecule has 0 aliphatic carbocycles. The number of rotatable bonds is 4. The van der Waals surface area contributed by atoms with Gasteiger partial charge in [0, 0.05) is 7.05 Å². The van der Waals surface area contributed by atoms with Crippen LogP contribution in [0.5, 0.6) is 0 Å². The van der Waals surface area contributed by atoms with Gasteiger partial charge in [0.25, 0.3) is 5.91 Å². The van der Waals surface area contributed by atoms with Gasteiger partial charge in [0.05, 0.1) is 12.4 Å². The molecule has 96 valence electrons. The first kappa shape index (κ1) is 13.6. The van der Waals surface area contributed by atoms with Gasteiger partial charge in [-0.1, -0.05) is 0 Å². The summed E-state index contributed by atoms with van der Waals surface area (Å²) in [5.74, 6) is -3.05. The molecule has 1 atom stereocenters. The minimum atomic E-state index is -1.26. The largest absolute Gasteiger partial charge is 0.480 e. The van der Waals surface area contributed by atoms with Gasteiger partial charge in [-0.25, -0.2) is 19.6 Å². The lowest BCUT2D eigenvalue weighted by molar-refractivity contribution is -0.141. The SMILES string of the molecule is CC(C(=O)O)N(C)C(=O)c1cnc(C(=O)O)cn1. The van der Waals surface area contributed by atoms with E-state index in [1.165, 1.54) is 14.0 Å². The quantitative estimate of drug-likeness (QED) is 0.756. The van der Waals surface area contributed by atoms with Crippen molar-refractivity contribution in [2.24, 2.45) is 0 Å².